The number of amides is 1. The van der Waals surface area contributed by atoms with Crippen molar-refractivity contribution in [1.82, 2.24) is 9.55 Å². The van der Waals surface area contributed by atoms with E-state index in [1.54, 1.807) is 28.6 Å². The zero-order chi connectivity index (χ0) is 21.2. The number of aromatic nitrogens is 2. The van der Waals surface area contributed by atoms with Crippen LogP contribution in [0.2, 0.25) is 0 Å². The first-order chi connectivity index (χ1) is 15.2. The molecule has 1 aliphatic carbocycles. The van der Waals surface area contributed by atoms with E-state index in [1.165, 1.54) is 22.2 Å². The van der Waals surface area contributed by atoms with Crippen molar-refractivity contribution < 1.29 is 9.21 Å². The highest BCUT2D eigenvalue weighted by molar-refractivity contribution is 7.18. The monoisotopic (exact) mass is 433 g/mol. The van der Waals surface area contributed by atoms with Crippen LogP contribution in [-0.4, -0.2) is 15.5 Å². The number of carbonyl (C=O) groups is 1. The fraction of sp³-hybridized carbons (Fsp3) is 0.292. The molecule has 0 atom stereocenters. The Labute approximate surface area is 183 Å². The lowest BCUT2D eigenvalue weighted by Crippen LogP contribution is -2.36. The number of hydrogen-bond donors (Lipinski definition) is 0. The summed E-state index contributed by atoms with van der Waals surface area (Å²) in [4.78, 5) is 34.9. The number of benzene rings is 1. The fourth-order valence-corrected chi connectivity index (χ4v) is 5.41. The van der Waals surface area contributed by atoms with Crippen molar-refractivity contribution in [3.05, 3.63) is 81.6 Å². The minimum Gasteiger partial charge on any atom is -0.467 e. The standard InChI is InChI=1S/C24H23N3O3S/c28-21(27(14-18-10-7-13-30-18)17-8-3-1-4-9-17)15-26-16-25-23-22(24(26)29)19-11-5-2-6-12-20(19)31-23/h1,3-4,7-10,13,16H,2,5-6,11-12,14-15H2. The highest BCUT2D eigenvalue weighted by Crippen LogP contribution is 2.32. The van der Waals surface area contributed by atoms with Crippen molar-refractivity contribution in [2.45, 2.75) is 45.2 Å². The van der Waals surface area contributed by atoms with Crippen molar-refractivity contribution in [3.63, 3.8) is 0 Å². The molecule has 0 aliphatic heterocycles. The van der Waals surface area contributed by atoms with Crippen LogP contribution in [0.3, 0.4) is 0 Å². The first-order valence-corrected chi connectivity index (χ1v) is 11.4. The number of furan rings is 1. The van der Waals surface area contributed by atoms with Gasteiger partial charge in [0.25, 0.3) is 5.56 Å². The van der Waals surface area contributed by atoms with Crippen molar-refractivity contribution in [2.75, 3.05) is 4.90 Å². The molecule has 158 valence electrons. The van der Waals surface area contributed by atoms with Crippen molar-refractivity contribution in [2.24, 2.45) is 0 Å². The van der Waals surface area contributed by atoms with Crippen LogP contribution in [0.25, 0.3) is 10.2 Å². The third-order valence-electron chi connectivity index (χ3n) is 5.76. The summed E-state index contributed by atoms with van der Waals surface area (Å²) < 4.78 is 6.90. The number of carbonyl (C=O) groups excluding carboxylic acids is 1. The normalized spacial score (nSPS) is 13.7. The van der Waals surface area contributed by atoms with Gasteiger partial charge in [0.1, 0.15) is 17.1 Å². The first-order valence-electron chi connectivity index (χ1n) is 10.6. The Hall–Kier alpha value is -3.19. The van der Waals surface area contributed by atoms with E-state index >= 15 is 0 Å². The lowest BCUT2D eigenvalue weighted by atomic mass is 10.1. The molecule has 0 unspecified atom stereocenters. The number of rotatable bonds is 5. The molecular weight excluding hydrogens is 410 g/mol. The van der Waals surface area contributed by atoms with E-state index < -0.39 is 0 Å². The van der Waals surface area contributed by atoms with Gasteiger partial charge in [-0.3, -0.25) is 14.2 Å². The topological polar surface area (TPSA) is 68.3 Å². The summed E-state index contributed by atoms with van der Waals surface area (Å²) in [5.41, 5.74) is 1.78. The van der Waals surface area contributed by atoms with Crippen LogP contribution in [0.15, 0.2) is 64.3 Å². The van der Waals surface area contributed by atoms with Gasteiger partial charge in [0, 0.05) is 10.6 Å². The highest BCUT2D eigenvalue weighted by atomic mass is 32.1. The van der Waals surface area contributed by atoms with Gasteiger partial charge in [-0.2, -0.15) is 0 Å². The van der Waals surface area contributed by atoms with E-state index in [2.05, 4.69) is 4.98 Å². The third-order valence-corrected chi connectivity index (χ3v) is 6.96. The van der Waals surface area contributed by atoms with Gasteiger partial charge in [-0.1, -0.05) is 24.6 Å². The molecule has 31 heavy (non-hydrogen) atoms. The van der Waals surface area contributed by atoms with Crippen LogP contribution in [0, 0.1) is 0 Å². The summed E-state index contributed by atoms with van der Waals surface area (Å²) >= 11 is 1.63. The quantitative estimate of drug-likeness (QED) is 0.433. The second-order valence-corrected chi connectivity index (χ2v) is 8.90. The zero-order valence-electron chi connectivity index (χ0n) is 17.1. The van der Waals surface area contributed by atoms with E-state index in [4.69, 9.17) is 4.42 Å². The summed E-state index contributed by atoms with van der Waals surface area (Å²) in [5.74, 6) is 0.494. The summed E-state index contributed by atoms with van der Waals surface area (Å²) in [6.07, 6.45) is 8.47. The Kier molecular flexibility index (Phi) is 5.42. The molecule has 7 heteroatoms. The summed E-state index contributed by atoms with van der Waals surface area (Å²) in [6.45, 7) is 0.232. The Morgan fingerprint density at radius 2 is 1.94 bits per heavy atom. The average molecular weight is 434 g/mol. The fourth-order valence-electron chi connectivity index (χ4n) is 4.19. The zero-order valence-corrected chi connectivity index (χ0v) is 17.9. The lowest BCUT2D eigenvalue weighted by Gasteiger charge is -2.22. The van der Waals surface area contributed by atoms with Crippen molar-refractivity contribution in [3.8, 4) is 0 Å². The van der Waals surface area contributed by atoms with Gasteiger partial charge in [0.15, 0.2) is 0 Å². The minimum atomic E-state index is -0.188. The maximum Gasteiger partial charge on any atom is 0.262 e. The Balaban J connectivity index is 1.48. The van der Waals surface area contributed by atoms with Gasteiger partial charge in [-0.25, -0.2) is 4.98 Å². The summed E-state index contributed by atoms with van der Waals surface area (Å²) in [5, 5.41) is 0.703. The molecule has 1 amide bonds. The van der Waals surface area contributed by atoms with Crippen LogP contribution >= 0.6 is 11.3 Å². The smallest absolute Gasteiger partial charge is 0.262 e. The number of hydrogen-bond acceptors (Lipinski definition) is 5. The van der Waals surface area contributed by atoms with Crippen LogP contribution < -0.4 is 10.5 Å². The predicted molar refractivity (Wildman–Crippen MR) is 121 cm³/mol. The lowest BCUT2D eigenvalue weighted by molar-refractivity contribution is -0.119. The second kappa shape index (κ2) is 8.51. The number of nitrogens with zero attached hydrogens (tertiary/aromatic N) is 3. The van der Waals surface area contributed by atoms with Crippen LogP contribution in [-0.2, 0) is 30.7 Å². The minimum absolute atomic E-state index is 0.0675. The SMILES string of the molecule is O=C(Cn1cnc2sc3c(c2c1=O)CCCCC3)N(Cc1ccco1)c1ccccc1. The number of fused-ring (bicyclic) bond motifs is 3. The van der Waals surface area contributed by atoms with Crippen LogP contribution in [0.4, 0.5) is 5.69 Å². The maximum atomic E-state index is 13.3. The molecule has 0 saturated carbocycles. The van der Waals surface area contributed by atoms with Gasteiger partial charge >= 0.3 is 0 Å². The van der Waals surface area contributed by atoms with E-state index in [1.807, 2.05) is 36.4 Å². The predicted octanol–water partition coefficient (Wildman–Crippen LogP) is 4.55. The van der Waals surface area contributed by atoms with Crippen LogP contribution in [0.1, 0.15) is 35.5 Å². The molecule has 1 aromatic carbocycles. The van der Waals surface area contributed by atoms with Crippen molar-refractivity contribution in [1.29, 1.82) is 0 Å². The van der Waals surface area contributed by atoms with E-state index in [-0.39, 0.29) is 18.0 Å². The van der Waals surface area contributed by atoms with Gasteiger partial charge in [0.05, 0.1) is 24.5 Å². The molecule has 0 saturated heterocycles. The number of aryl methyl sites for hydroxylation is 2. The van der Waals surface area contributed by atoms with Gasteiger partial charge in [-0.05, 0) is 55.5 Å². The molecule has 0 bridgehead atoms. The molecule has 3 heterocycles. The average Bonchev–Trinajstić information content (AvgIpc) is 3.37. The molecule has 5 rings (SSSR count). The molecule has 0 fully saturated rings. The van der Waals surface area contributed by atoms with Crippen LogP contribution in [0.5, 0.6) is 0 Å². The van der Waals surface area contributed by atoms with Crippen molar-refractivity contribution >= 4 is 33.1 Å². The maximum absolute atomic E-state index is 13.3. The van der Waals surface area contributed by atoms with Gasteiger partial charge in [-0.15, -0.1) is 11.3 Å². The Morgan fingerprint density at radius 3 is 2.74 bits per heavy atom. The third kappa shape index (κ3) is 3.93. The highest BCUT2D eigenvalue weighted by Gasteiger charge is 2.22. The molecule has 4 aromatic rings. The second-order valence-electron chi connectivity index (χ2n) is 7.82. The first kappa shape index (κ1) is 19.8. The van der Waals surface area contributed by atoms with E-state index in [0.717, 1.165) is 41.8 Å². The molecule has 1 aliphatic rings. The molecular formula is C24H23N3O3S. The van der Waals surface area contributed by atoms with Gasteiger partial charge < -0.3 is 9.32 Å². The number of para-hydroxylation sites is 1. The Bertz CT molecular complexity index is 1260. The molecule has 6 nitrogen and oxygen atoms in total. The van der Waals surface area contributed by atoms with E-state index in [0.29, 0.717) is 17.7 Å². The molecule has 0 spiro atoms. The number of anilines is 1. The van der Waals surface area contributed by atoms with Gasteiger partial charge in [0.2, 0.25) is 5.91 Å². The summed E-state index contributed by atoms with van der Waals surface area (Å²) in [7, 11) is 0. The largest absolute Gasteiger partial charge is 0.467 e. The summed E-state index contributed by atoms with van der Waals surface area (Å²) in [6, 6.07) is 13.1. The number of thiophene rings is 1. The van der Waals surface area contributed by atoms with E-state index in [9.17, 15) is 9.59 Å². The molecule has 0 radical (unpaired) electrons. The molecule has 0 N–H and O–H groups in total. The molecule has 3 aromatic heterocycles. The Morgan fingerprint density at radius 1 is 1.10 bits per heavy atom.